The maximum atomic E-state index is 5.38. The van der Waals surface area contributed by atoms with E-state index in [1.54, 1.807) is 7.11 Å². The summed E-state index contributed by atoms with van der Waals surface area (Å²) in [5, 5.41) is 3.29. The van der Waals surface area contributed by atoms with E-state index in [1.165, 1.54) is 6.33 Å². The Morgan fingerprint density at radius 2 is 1.94 bits per heavy atom. The summed E-state index contributed by atoms with van der Waals surface area (Å²) in [6.45, 7) is 9.61. The van der Waals surface area contributed by atoms with Crippen molar-refractivity contribution in [3.8, 4) is 5.75 Å². The third-order valence-electron chi connectivity index (χ3n) is 3.42. The fourth-order valence-electron chi connectivity index (χ4n) is 1.31. The van der Waals surface area contributed by atoms with Gasteiger partial charge in [-0.05, 0) is 11.3 Å². The van der Waals surface area contributed by atoms with Gasteiger partial charge in [0, 0.05) is 6.54 Å². The second-order valence-electron chi connectivity index (χ2n) is 5.25. The van der Waals surface area contributed by atoms with E-state index in [2.05, 4.69) is 48.4 Å². The Bertz CT molecular complexity index is 392. The van der Waals surface area contributed by atoms with Gasteiger partial charge in [-0.3, -0.25) is 0 Å². The summed E-state index contributed by atoms with van der Waals surface area (Å²) in [6, 6.07) is 0. The Labute approximate surface area is 108 Å². The van der Waals surface area contributed by atoms with Crippen molar-refractivity contribution in [2.75, 3.05) is 24.4 Å². The summed E-state index contributed by atoms with van der Waals surface area (Å²) in [6.07, 6.45) is 1.45. The number of ether oxygens (including phenoxy) is 1. The first-order chi connectivity index (χ1) is 8.42. The van der Waals surface area contributed by atoms with E-state index < -0.39 is 0 Å². The lowest BCUT2D eigenvalue weighted by molar-refractivity contribution is 0.269. The number of anilines is 2. The zero-order valence-electron chi connectivity index (χ0n) is 11.7. The van der Waals surface area contributed by atoms with Crippen LogP contribution in [0.25, 0.3) is 0 Å². The molecule has 0 spiro atoms. The minimum Gasteiger partial charge on any atom is -0.490 e. The van der Waals surface area contributed by atoms with Crippen LogP contribution in [0, 0.1) is 11.3 Å². The van der Waals surface area contributed by atoms with Gasteiger partial charge in [-0.15, -0.1) is 0 Å². The summed E-state index contributed by atoms with van der Waals surface area (Å²) < 4.78 is 5.26. The molecule has 1 aromatic rings. The number of nitrogen functional groups attached to an aromatic ring is 1. The number of hydrogen-bond acceptors (Lipinski definition) is 6. The summed E-state index contributed by atoms with van der Waals surface area (Å²) in [7, 11) is 1.57. The van der Waals surface area contributed by atoms with Crippen LogP contribution in [0.2, 0.25) is 0 Å². The Morgan fingerprint density at radius 3 is 2.44 bits per heavy atom. The zero-order chi connectivity index (χ0) is 13.8. The van der Waals surface area contributed by atoms with Crippen LogP contribution >= 0.6 is 0 Å². The van der Waals surface area contributed by atoms with Gasteiger partial charge in [-0.25, -0.2) is 15.8 Å². The molecule has 0 saturated carbocycles. The Hall–Kier alpha value is -1.56. The molecule has 0 aliphatic rings. The maximum absolute atomic E-state index is 5.38. The van der Waals surface area contributed by atoms with Gasteiger partial charge in [-0.2, -0.15) is 0 Å². The molecular weight excluding hydrogens is 230 g/mol. The molecule has 6 heteroatoms. The molecule has 0 saturated heterocycles. The van der Waals surface area contributed by atoms with Crippen LogP contribution in [0.3, 0.4) is 0 Å². The molecule has 0 bridgehead atoms. The van der Waals surface area contributed by atoms with Crippen LogP contribution in [0.5, 0.6) is 5.75 Å². The Kier molecular flexibility index (Phi) is 4.72. The van der Waals surface area contributed by atoms with E-state index in [4.69, 9.17) is 10.6 Å². The summed E-state index contributed by atoms with van der Waals surface area (Å²) in [4.78, 5) is 8.17. The lowest BCUT2D eigenvalue weighted by Crippen LogP contribution is -2.29. The van der Waals surface area contributed by atoms with Gasteiger partial charge in [-0.1, -0.05) is 27.7 Å². The van der Waals surface area contributed by atoms with Gasteiger partial charge >= 0.3 is 0 Å². The number of hydrazine groups is 1. The quantitative estimate of drug-likeness (QED) is 0.530. The fraction of sp³-hybridized carbons (Fsp3) is 0.667. The fourth-order valence-corrected chi connectivity index (χ4v) is 1.31. The molecule has 6 nitrogen and oxygen atoms in total. The van der Waals surface area contributed by atoms with Crippen molar-refractivity contribution in [1.82, 2.24) is 9.97 Å². The highest BCUT2D eigenvalue weighted by Crippen LogP contribution is 2.31. The van der Waals surface area contributed by atoms with Crippen molar-refractivity contribution >= 4 is 11.6 Å². The van der Waals surface area contributed by atoms with Gasteiger partial charge < -0.3 is 15.5 Å². The topological polar surface area (TPSA) is 85.1 Å². The van der Waals surface area contributed by atoms with E-state index in [1.807, 2.05) is 0 Å². The van der Waals surface area contributed by atoms with Gasteiger partial charge in [0.25, 0.3) is 0 Å². The van der Waals surface area contributed by atoms with Crippen molar-refractivity contribution in [3.63, 3.8) is 0 Å². The average molecular weight is 253 g/mol. The normalized spacial score (nSPS) is 11.5. The van der Waals surface area contributed by atoms with Gasteiger partial charge in [0.2, 0.25) is 5.75 Å². The molecule has 4 N–H and O–H groups in total. The molecule has 0 radical (unpaired) electrons. The van der Waals surface area contributed by atoms with E-state index in [-0.39, 0.29) is 5.41 Å². The average Bonchev–Trinajstić information content (AvgIpc) is 2.35. The van der Waals surface area contributed by atoms with E-state index in [0.717, 1.165) is 6.54 Å². The monoisotopic (exact) mass is 253 g/mol. The molecule has 0 unspecified atom stereocenters. The van der Waals surface area contributed by atoms with Gasteiger partial charge in [0.05, 0.1) is 7.11 Å². The SMILES string of the molecule is COc1c(NN)ncnc1NCC(C)(C)C(C)C. The zero-order valence-corrected chi connectivity index (χ0v) is 11.7. The van der Waals surface area contributed by atoms with E-state index in [0.29, 0.717) is 23.3 Å². The molecule has 0 amide bonds. The molecule has 1 heterocycles. The first-order valence-electron chi connectivity index (χ1n) is 6.02. The number of methoxy groups -OCH3 is 1. The van der Waals surface area contributed by atoms with Crippen LogP contribution in [0.1, 0.15) is 27.7 Å². The molecule has 1 aromatic heterocycles. The third-order valence-corrected chi connectivity index (χ3v) is 3.42. The largest absolute Gasteiger partial charge is 0.490 e. The first-order valence-corrected chi connectivity index (χ1v) is 6.02. The predicted molar refractivity (Wildman–Crippen MR) is 73.5 cm³/mol. The number of hydrogen-bond donors (Lipinski definition) is 3. The van der Waals surface area contributed by atoms with Crippen LogP contribution in [0.15, 0.2) is 6.33 Å². The standard InChI is InChI=1S/C12H23N5O/c1-8(2)12(3,4)6-14-10-9(18-5)11(17-13)16-7-15-10/h7-8H,6,13H2,1-5H3,(H2,14,15,16,17). The highest BCUT2D eigenvalue weighted by atomic mass is 16.5. The number of nitrogens with zero attached hydrogens (tertiary/aromatic N) is 2. The van der Waals surface area contributed by atoms with Gasteiger partial charge in [0.1, 0.15) is 6.33 Å². The predicted octanol–water partition coefficient (Wildman–Crippen LogP) is 1.86. The van der Waals surface area contributed by atoms with Crippen LogP contribution in [-0.4, -0.2) is 23.6 Å². The van der Waals surface area contributed by atoms with E-state index >= 15 is 0 Å². The molecule has 0 atom stereocenters. The second-order valence-corrected chi connectivity index (χ2v) is 5.25. The number of nitrogens with two attached hydrogens (primary N) is 1. The second kappa shape index (κ2) is 5.86. The lowest BCUT2D eigenvalue weighted by Gasteiger charge is -2.29. The minimum absolute atomic E-state index is 0.159. The van der Waals surface area contributed by atoms with Crippen molar-refractivity contribution in [3.05, 3.63) is 6.33 Å². The molecule has 18 heavy (non-hydrogen) atoms. The van der Waals surface area contributed by atoms with Crippen molar-refractivity contribution in [2.24, 2.45) is 17.2 Å². The highest BCUT2D eigenvalue weighted by molar-refractivity contribution is 5.63. The summed E-state index contributed by atoms with van der Waals surface area (Å²) in [5.74, 6) is 7.58. The molecular formula is C12H23N5O. The molecule has 0 aromatic carbocycles. The van der Waals surface area contributed by atoms with Gasteiger partial charge in [0.15, 0.2) is 11.6 Å². The maximum Gasteiger partial charge on any atom is 0.205 e. The lowest BCUT2D eigenvalue weighted by atomic mass is 9.81. The van der Waals surface area contributed by atoms with Crippen LogP contribution in [-0.2, 0) is 0 Å². The summed E-state index contributed by atoms with van der Waals surface area (Å²) in [5.41, 5.74) is 2.65. The Morgan fingerprint density at radius 1 is 1.33 bits per heavy atom. The molecule has 0 fully saturated rings. The van der Waals surface area contributed by atoms with Crippen LogP contribution in [0.4, 0.5) is 11.6 Å². The molecule has 0 aliphatic heterocycles. The number of aromatic nitrogens is 2. The number of rotatable bonds is 6. The molecule has 1 rings (SSSR count). The minimum atomic E-state index is 0.159. The third kappa shape index (κ3) is 3.22. The number of nitrogens with one attached hydrogen (secondary N) is 2. The first kappa shape index (κ1) is 14.5. The Balaban J connectivity index is 2.85. The molecule has 0 aliphatic carbocycles. The van der Waals surface area contributed by atoms with Crippen molar-refractivity contribution in [2.45, 2.75) is 27.7 Å². The van der Waals surface area contributed by atoms with Crippen molar-refractivity contribution < 1.29 is 4.74 Å². The summed E-state index contributed by atoms with van der Waals surface area (Å²) >= 11 is 0. The molecule has 102 valence electrons. The smallest absolute Gasteiger partial charge is 0.205 e. The van der Waals surface area contributed by atoms with Crippen LogP contribution < -0.4 is 21.3 Å². The highest BCUT2D eigenvalue weighted by Gasteiger charge is 2.23. The van der Waals surface area contributed by atoms with E-state index in [9.17, 15) is 0 Å². The van der Waals surface area contributed by atoms with Crippen molar-refractivity contribution in [1.29, 1.82) is 0 Å².